The minimum atomic E-state index is -0.603. The Kier molecular flexibility index (Phi) is 22.0. The lowest BCUT2D eigenvalue weighted by Crippen LogP contribution is -2.18. The van der Waals surface area contributed by atoms with Gasteiger partial charge in [0, 0.05) is 141 Å². The van der Waals surface area contributed by atoms with Gasteiger partial charge in [0.2, 0.25) is 0 Å². The van der Waals surface area contributed by atoms with Crippen molar-refractivity contribution >= 4 is 131 Å². The van der Waals surface area contributed by atoms with E-state index in [0.717, 1.165) is 106 Å². The zero-order valence-corrected chi connectivity index (χ0v) is 69.8. The van der Waals surface area contributed by atoms with E-state index in [9.17, 15) is 31.1 Å². The summed E-state index contributed by atoms with van der Waals surface area (Å²) in [5, 5.41) is 21.7. The summed E-state index contributed by atoms with van der Waals surface area (Å²) in [4.78, 5) is 47.2. The maximum absolute atomic E-state index is 14.3. The number of aromatic amines is 5. The molecular formula is C109H78F6N12O. The fraction of sp³-hybridized carbons (Fsp3) is 0.0550. The lowest BCUT2D eigenvalue weighted by molar-refractivity contribution is 0.0964. The molecule has 23 aromatic rings. The predicted octanol–water partition coefficient (Wildman–Crippen LogP) is 27.6. The third-order valence-electron chi connectivity index (χ3n) is 23.3. The van der Waals surface area contributed by atoms with Gasteiger partial charge >= 0.3 is 0 Å². The van der Waals surface area contributed by atoms with E-state index in [-0.39, 0.29) is 34.2 Å². The van der Waals surface area contributed by atoms with Crippen molar-refractivity contribution in [3.05, 3.63) is 414 Å². The third kappa shape index (κ3) is 16.0. The Bertz CT molecular complexity index is 8310. The van der Waals surface area contributed by atoms with Crippen molar-refractivity contribution in [1.82, 2.24) is 60.4 Å². The van der Waals surface area contributed by atoms with Crippen molar-refractivity contribution in [2.24, 2.45) is 0 Å². The quantitative estimate of drug-likeness (QED) is 0.0857. The van der Waals surface area contributed by atoms with Gasteiger partial charge in [-0.1, -0.05) is 200 Å². The molecule has 0 radical (unpaired) electrons. The Labute approximate surface area is 729 Å². The van der Waals surface area contributed by atoms with Gasteiger partial charge in [0.1, 0.15) is 28.8 Å². The van der Waals surface area contributed by atoms with Crippen molar-refractivity contribution in [2.75, 3.05) is 7.05 Å². The lowest BCUT2D eigenvalue weighted by atomic mass is 10.0. The van der Waals surface area contributed by atoms with Gasteiger partial charge in [-0.05, 0) is 176 Å². The van der Waals surface area contributed by atoms with E-state index in [1.165, 1.54) is 81.9 Å². The number of aryl methyl sites for hydroxylation is 2. The molecule has 1 aliphatic carbocycles. The minimum Gasteiger partial charge on any atom is -0.360 e. The number of allylic oxidation sites excluding steroid dienone is 1. The van der Waals surface area contributed by atoms with Crippen LogP contribution >= 0.6 is 0 Å². The van der Waals surface area contributed by atoms with Gasteiger partial charge in [0.15, 0.2) is 11.6 Å². The normalized spacial score (nSPS) is 11.6. The smallest absolute Gasteiger partial charge is 0.251 e. The fourth-order valence-electron chi connectivity index (χ4n) is 16.5. The van der Waals surface area contributed by atoms with Crippen LogP contribution in [-0.4, -0.2) is 68.0 Å². The highest BCUT2D eigenvalue weighted by Crippen LogP contribution is 2.39. The van der Waals surface area contributed by atoms with E-state index in [0.29, 0.717) is 66.3 Å². The number of para-hydroxylation sites is 5. The Morgan fingerprint density at radius 3 is 1.52 bits per heavy atom. The Morgan fingerprint density at radius 2 is 0.820 bits per heavy atom. The number of halogens is 6. The number of pyridine rings is 5. The molecule has 0 saturated heterocycles. The second-order valence-electron chi connectivity index (χ2n) is 31.4. The van der Waals surface area contributed by atoms with E-state index in [1.54, 1.807) is 61.9 Å². The molecule has 10 heterocycles. The number of aromatic nitrogens is 11. The summed E-state index contributed by atoms with van der Waals surface area (Å²) in [6.45, 7) is 6.99. The molecule has 6 N–H and O–H groups in total. The van der Waals surface area contributed by atoms with E-state index >= 15 is 0 Å². The van der Waals surface area contributed by atoms with Crippen molar-refractivity contribution in [3.8, 4) is 56.3 Å². The molecule has 24 rings (SSSR count). The Hall–Kier alpha value is -16.4. The highest BCUT2D eigenvalue weighted by Gasteiger charge is 2.22. The molecule has 19 heteroatoms. The van der Waals surface area contributed by atoms with Crippen LogP contribution in [0.5, 0.6) is 0 Å². The standard InChI is InChI=1S/C20H15F2N3O.C18H12F2N2.C18H13FN2.C18H12FN.C18H14N2.C17H12N2/c1-10-15(21)8-13-14(9-24-19(13)18(10)22)17-7-6-11-12(20(26)23-2)4-3-5-16(11)25-17;1-10-14(19)8-12-13(9-21-18(12)17(10)20)16-7-6-11-4-2-3-5-15(11)22-16;1-11-5-6-12-7-8-16(21-17(12)9-11)14-10-20-18-13(14)3-2-4-15(18)19;19-16-7-3-5-13-9-11-17(20-18(13)16)15-10-8-12-4-1-2-6-14(12)15;1-12-6-8-14-15(11-19-18(14)10-12)17-9-7-13-4-2-3-5-16(13)20-17;1-2-6-13-11-14(10-9-12(13)5-1)17-15-7-3-4-8-16(15)18-19-17/h3-9,24H,1-2H3,(H,23,26);2-9,21H,1H3;2-10,20H,1H3;1-7,9-11H,8H2;2-11,19H,1H3;1-11H,(H,18,19). The van der Waals surface area contributed by atoms with Crippen LogP contribution < -0.4 is 5.32 Å². The van der Waals surface area contributed by atoms with Gasteiger partial charge in [0.05, 0.1) is 78.3 Å². The van der Waals surface area contributed by atoms with Gasteiger partial charge < -0.3 is 25.3 Å². The first-order valence-corrected chi connectivity index (χ1v) is 41.7. The summed E-state index contributed by atoms with van der Waals surface area (Å²) in [6, 6.07) is 97.6. The number of benzene rings is 13. The molecule has 0 saturated carbocycles. The molecule has 13 nitrogen and oxygen atoms in total. The summed E-state index contributed by atoms with van der Waals surface area (Å²) in [5.74, 6) is -3.01. The van der Waals surface area contributed by atoms with E-state index in [2.05, 4.69) is 198 Å². The van der Waals surface area contributed by atoms with Crippen LogP contribution in [0.1, 0.15) is 49.4 Å². The van der Waals surface area contributed by atoms with Crippen LogP contribution in [0.4, 0.5) is 26.3 Å². The van der Waals surface area contributed by atoms with Crippen molar-refractivity contribution < 1.29 is 31.1 Å². The summed E-state index contributed by atoms with van der Waals surface area (Å²) in [5.41, 5.74) is 23.3. The number of nitrogens with one attached hydrogen (secondary N) is 6. The second-order valence-corrected chi connectivity index (χ2v) is 31.4. The van der Waals surface area contributed by atoms with Crippen LogP contribution in [0.25, 0.3) is 182 Å². The van der Waals surface area contributed by atoms with Gasteiger partial charge in [-0.3, -0.25) is 9.89 Å². The summed E-state index contributed by atoms with van der Waals surface area (Å²) in [6.07, 6.45) is 10.2. The first-order valence-electron chi connectivity index (χ1n) is 41.7. The number of hydrogen-bond acceptors (Lipinski definition) is 7. The number of hydrogen-bond donors (Lipinski definition) is 6. The molecule has 1 aliphatic rings. The molecular weight excluding hydrogens is 1610 g/mol. The van der Waals surface area contributed by atoms with E-state index < -0.39 is 23.3 Å². The zero-order valence-electron chi connectivity index (χ0n) is 69.8. The van der Waals surface area contributed by atoms with Crippen molar-refractivity contribution in [2.45, 2.75) is 34.1 Å². The molecule has 10 aromatic heterocycles. The Balaban J connectivity index is 0.000000100. The molecule has 622 valence electrons. The van der Waals surface area contributed by atoms with Crippen LogP contribution in [0, 0.1) is 62.6 Å². The molecule has 128 heavy (non-hydrogen) atoms. The van der Waals surface area contributed by atoms with E-state index in [1.807, 2.05) is 122 Å². The SMILES string of the molecule is CNC(=O)c1cccc2nc(-c3c[nH]c4c(F)c(C)c(F)cc34)ccc12.Cc1c(F)cc2c(-c3ccc4ccccc4n3)c[nH]c2c1F.Cc1ccc2c(-c3ccc4ccccc4n3)c[nH]c2c1.Cc1ccc2ccc(-c3c[nH]c4c(F)cccc34)nc2c1.Fc1cccc2ccc(C3=CCc4ccccc43)nc12.c1ccc2cc(-c3n[nH]c4ccccc34)ccc2c1. The lowest BCUT2D eigenvalue weighted by Gasteiger charge is -2.07. The zero-order chi connectivity index (χ0) is 87.8. The maximum atomic E-state index is 14.3. The first-order chi connectivity index (χ1) is 62.4. The predicted molar refractivity (Wildman–Crippen MR) is 506 cm³/mol. The summed E-state index contributed by atoms with van der Waals surface area (Å²) < 4.78 is 83.9. The van der Waals surface area contributed by atoms with Crippen molar-refractivity contribution in [1.29, 1.82) is 0 Å². The number of fused-ring (bicyclic) bond motifs is 12. The average Bonchev–Trinajstić information content (AvgIpc) is 1.60. The largest absolute Gasteiger partial charge is 0.360 e. The average molecular weight is 1690 g/mol. The molecule has 0 unspecified atom stereocenters. The highest BCUT2D eigenvalue weighted by molar-refractivity contribution is 6.08. The Morgan fingerprint density at radius 1 is 0.336 bits per heavy atom. The van der Waals surface area contributed by atoms with Gasteiger partial charge in [-0.2, -0.15) is 5.10 Å². The molecule has 1 amide bonds. The first kappa shape index (κ1) is 81.3. The number of carbonyl (C=O) groups excluding carboxylic acids is 1. The highest BCUT2D eigenvalue weighted by atomic mass is 19.2. The van der Waals surface area contributed by atoms with Gasteiger partial charge in [-0.25, -0.2) is 51.3 Å². The van der Waals surface area contributed by atoms with Gasteiger partial charge in [-0.15, -0.1) is 0 Å². The van der Waals surface area contributed by atoms with Gasteiger partial charge in [0.25, 0.3) is 5.91 Å². The molecule has 0 aliphatic heterocycles. The number of rotatable bonds is 7. The van der Waals surface area contributed by atoms with Crippen LogP contribution in [0.15, 0.2) is 334 Å². The molecule has 0 spiro atoms. The molecule has 0 atom stereocenters. The minimum absolute atomic E-state index is 0.0207. The molecule has 13 aromatic carbocycles. The number of H-pyrrole nitrogens is 5. The number of nitrogens with zero attached hydrogens (tertiary/aromatic N) is 6. The van der Waals surface area contributed by atoms with Crippen LogP contribution in [-0.2, 0) is 6.42 Å². The van der Waals surface area contributed by atoms with Crippen molar-refractivity contribution in [3.63, 3.8) is 0 Å². The van der Waals surface area contributed by atoms with Crippen LogP contribution in [0.2, 0.25) is 0 Å². The maximum Gasteiger partial charge on any atom is 0.251 e. The summed E-state index contributed by atoms with van der Waals surface area (Å²) >= 11 is 0. The molecule has 0 fully saturated rings. The van der Waals surface area contributed by atoms with Crippen LogP contribution in [0.3, 0.4) is 0 Å². The monoisotopic (exact) mass is 1680 g/mol. The molecule has 0 bridgehead atoms. The second kappa shape index (κ2) is 34.7. The number of amides is 1. The third-order valence-corrected chi connectivity index (χ3v) is 23.3. The van der Waals surface area contributed by atoms with E-state index in [4.69, 9.17) is 9.97 Å². The number of carbonyl (C=O) groups is 1. The summed E-state index contributed by atoms with van der Waals surface area (Å²) in [7, 11) is 1.57. The topological polar surface area (TPSA) is 185 Å². The fourth-order valence-corrected chi connectivity index (χ4v) is 16.5.